The summed E-state index contributed by atoms with van der Waals surface area (Å²) in [6, 6.07) is 12.2. The largest absolute Gasteiger partial charge is 0.485 e. The topological polar surface area (TPSA) is 102 Å². The maximum absolute atomic E-state index is 13.1. The van der Waals surface area contributed by atoms with E-state index in [1.165, 1.54) is 4.90 Å². The molecule has 2 heterocycles. The van der Waals surface area contributed by atoms with Crippen LogP contribution in [0.5, 0.6) is 11.5 Å². The predicted octanol–water partition coefficient (Wildman–Crippen LogP) is 2.78. The molecule has 0 bridgehead atoms. The first-order valence-corrected chi connectivity index (χ1v) is 12.1. The highest BCUT2D eigenvalue weighted by atomic mass is 16.5. The Balaban J connectivity index is 1.45. The Hall–Kier alpha value is -3.88. The summed E-state index contributed by atoms with van der Waals surface area (Å²) in [4.78, 5) is 53.7. The molecule has 9 heteroatoms. The molecule has 2 aliphatic rings. The Morgan fingerprint density at radius 2 is 1.97 bits per heavy atom. The Bertz CT molecular complexity index is 1160. The first-order valence-electron chi connectivity index (χ1n) is 12.1. The maximum Gasteiger partial charge on any atom is 0.310 e. The third-order valence-corrected chi connectivity index (χ3v) is 6.27. The molecule has 4 rings (SSSR count). The number of nitrogens with zero attached hydrogens (tertiary/aromatic N) is 2. The summed E-state index contributed by atoms with van der Waals surface area (Å²) >= 11 is 0. The highest BCUT2D eigenvalue weighted by molar-refractivity contribution is 6.04. The Morgan fingerprint density at radius 3 is 2.75 bits per heavy atom. The quantitative estimate of drug-likeness (QED) is 0.411. The summed E-state index contributed by atoms with van der Waals surface area (Å²) in [6.45, 7) is 4.17. The lowest BCUT2D eigenvalue weighted by Gasteiger charge is -2.34. The van der Waals surface area contributed by atoms with Gasteiger partial charge in [0.2, 0.25) is 5.91 Å². The highest BCUT2D eigenvalue weighted by Gasteiger charge is 2.33. The fraction of sp³-hybridized carbons (Fsp3) is 0.407. The summed E-state index contributed by atoms with van der Waals surface area (Å²) in [5.41, 5.74) is 1.73. The third kappa shape index (κ3) is 5.84. The van der Waals surface area contributed by atoms with Crippen molar-refractivity contribution < 1.29 is 33.4 Å². The first-order chi connectivity index (χ1) is 17.4. The molecule has 0 spiro atoms. The number of carbonyl (C=O) groups is 4. The number of piperidine rings is 1. The van der Waals surface area contributed by atoms with Crippen LogP contribution in [-0.4, -0.2) is 67.9 Å². The van der Waals surface area contributed by atoms with Crippen molar-refractivity contribution in [1.82, 2.24) is 4.90 Å². The Morgan fingerprint density at radius 1 is 1.14 bits per heavy atom. The van der Waals surface area contributed by atoms with Crippen LogP contribution in [0.15, 0.2) is 42.5 Å². The minimum atomic E-state index is -0.379. The van der Waals surface area contributed by atoms with Crippen LogP contribution in [0.4, 0.5) is 5.69 Å². The number of rotatable bonds is 8. The molecule has 0 saturated carbocycles. The number of anilines is 1. The summed E-state index contributed by atoms with van der Waals surface area (Å²) in [7, 11) is 0. The van der Waals surface area contributed by atoms with Crippen molar-refractivity contribution in [3.8, 4) is 11.5 Å². The molecule has 9 nitrogen and oxygen atoms in total. The molecule has 2 amide bonds. The van der Waals surface area contributed by atoms with Crippen molar-refractivity contribution in [3.05, 3.63) is 53.6 Å². The van der Waals surface area contributed by atoms with Crippen molar-refractivity contribution in [2.24, 2.45) is 5.92 Å². The number of aryl methyl sites for hydroxylation is 1. The van der Waals surface area contributed by atoms with E-state index >= 15 is 0 Å². The van der Waals surface area contributed by atoms with Crippen LogP contribution in [0.3, 0.4) is 0 Å². The molecule has 36 heavy (non-hydrogen) atoms. The predicted molar refractivity (Wildman–Crippen MR) is 131 cm³/mol. The van der Waals surface area contributed by atoms with Crippen molar-refractivity contribution in [3.63, 3.8) is 0 Å². The number of ketones is 1. The minimum absolute atomic E-state index is 0.168. The average molecular weight is 495 g/mol. The van der Waals surface area contributed by atoms with Crippen molar-refractivity contribution in [2.75, 3.05) is 44.4 Å². The van der Waals surface area contributed by atoms with Gasteiger partial charge < -0.3 is 19.1 Å². The van der Waals surface area contributed by atoms with Crippen molar-refractivity contribution in [2.45, 2.75) is 26.7 Å². The maximum atomic E-state index is 13.1. The van der Waals surface area contributed by atoms with E-state index in [2.05, 4.69) is 0 Å². The normalized spacial score (nSPS) is 17.2. The van der Waals surface area contributed by atoms with E-state index < -0.39 is 0 Å². The lowest BCUT2D eigenvalue weighted by Crippen LogP contribution is -2.49. The Kier molecular flexibility index (Phi) is 7.87. The molecule has 0 radical (unpaired) electrons. The zero-order chi connectivity index (χ0) is 25.7. The molecule has 1 fully saturated rings. The average Bonchev–Trinajstić information content (AvgIpc) is 2.89. The van der Waals surface area contributed by atoms with Crippen LogP contribution in [0.25, 0.3) is 0 Å². The van der Waals surface area contributed by atoms with E-state index in [0.29, 0.717) is 48.7 Å². The van der Waals surface area contributed by atoms with E-state index in [1.807, 2.05) is 25.1 Å². The van der Waals surface area contributed by atoms with Gasteiger partial charge in [0.1, 0.15) is 18.0 Å². The highest BCUT2D eigenvalue weighted by Crippen LogP contribution is 2.33. The van der Waals surface area contributed by atoms with Gasteiger partial charge in [-0.15, -0.1) is 0 Å². The van der Waals surface area contributed by atoms with Gasteiger partial charge in [-0.1, -0.05) is 12.1 Å². The number of carbonyl (C=O) groups excluding carboxylic acids is 4. The first kappa shape index (κ1) is 25.2. The number of likely N-dealkylation sites (tertiary alicyclic amines) is 1. The molecule has 2 aromatic rings. The summed E-state index contributed by atoms with van der Waals surface area (Å²) < 4.78 is 16.3. The SMILES string of the molecule is CCOC(=O)[C@H]1CCCN(C(=O)CN2C(=O)COc3ccc(C(=O)COc4cccc(C)c4)cc32)C1. The molecule has 1 atom stereocenters. The second-order valence-corrected chi connectivity index (χ2v) is 8.91. The molecule has 0 N–H and O–H groups in total. The van der Waals surface area contributed by atoms with E-state index in [9.17, 15) is 19.2 Å². The molecule has 0 unspecified atom stereocenters. The van der Waals surface area contributed by atoms with Gasteiger partial charge in [-0.25, -0.2) is 0 Å². The molecule has 190 valence electrons. The summed E-state index contributed by atoms with van der Waals surface area (Å²) in [5, 5.41) is 0. The molecule has 0 aliphatic carbocycles. The number of Topliss-reactive ketones (excluding diaryl/α,β-unsaturated/α-hetero) is 1. The second-order valence-electron chi connectivity index (χ2n) is 8.91. The van der Waals surface area contributed by atoms with Gasteiger partial charge in [-0.3, -0.25) is 24.1 Å². The van der Waals surface area contributed by atoms with Crippen LogP contribution in [0, 0.1) is 12.8 Å². The van der Waals surface area contributed by atoms with Gasteiger partial charge in [-0.05, 0) is 62.6 Å². The molecule has 2 aliphatic heterocycles. The van der Waals surface area contributed by atoms with E-state index in [1.54, 1.807) is 36.1 Å². The smallest absolute Gasteiger partial charge is 0.310 e. The van der Waals surface area contributed by atoms with Gasteiger partial charge >= 0.3 is 5.97 Å². The number of fused-ring (bicyclic) bond motifs is 1. The van der Waals surface area contributed by atoms with Crippen molar-refractivity contribution >= 4 is 29.3 Å². The fourth-order valence-corrected chi connectivity index (χ4v) is 4.38. The molecular formula is C27H30N2O7. The van der Waals surface area contributed by atoms with E-state index in [0.717, 1.165) is 5.56 Å². The lowest BCUT2D eigenvalue weighted by molar-refractivity contribution is -0.151. The van der Waals surface area contributed by atoms with Gasteiger partial charge in [0.25, 0.3) is 5.91 Å². The number of hydrogen-bond donors (Lipinski definition) is 0. The van der Waals surface area contributed by atoms with Gasteiger partial charge in [-0.2, -0.15) is 0 Å². The minimum Gasteiger partial charge on any atom is -0.485 e. The van der Waals surface area contributed by atoms with Gasteiger partial charge in [0.05, 0.1) is 18.2 Å². The zero-order valence-electron chi connectivity index (χ0n) is 20.5. The summed E-state index contributed by atoms with van der Waals surface area (Å²) in [6.07, 6.45) is 1.35. The number of amides is 2. The van der Waals surface area contributed by atoms with Crippen molar-refractivity contribution in [1.29, 1.82) is 0 Å². The number of ether oxygens (including phenoxy) is 3. The number of benzene rings is 2. The third-order valence-electron chi connectivity index (χ3n) is 6.27. The zero-order valence-corrected chi connectivity index (χ0v) is 20.5. The van der Waals surface area contributed by atoms with E-state index in [-0.39, 0.29) is 55.8 Å². The lowest BCUT2D eigenvalue weighted by atomic mass is 9.98. The van der Waals surface area contributed by atoms with Gasteiger partial charge in [0.15, 0.2) is 19.0 Å². The summed E-state index contributed by atoms with van der Waals surface area (Å²) in [5.74, 6) is -0.583. The van der Waals surface area contributed by atoms with Crippen LogP contribution in [-0.2, 0) is 19.1 Å². The standard InChI is InChI=1S/C27H30N2O7/c1-3-34-27(33)20-7-5-11-28(14-20)25(31)15-29-22-13-19(9-10-24(22)36-17-26(29)32)23(30)16-35-21-8-4-6-18(2)12-21/h4,6,8-10,12-13,20H,3,5,7,11,14-17H2,1-2H3/t20-/m0/s1. The van der Waals surface area contributed by atoms with E-state index in [4.69, 9.17) is 14.2 Å². The Labute approximate surface area is 209 Å². The van der Waals surface area contributed by atoms with Crippen LogP contribution >= 0.6 is 0 Å². The fourth-order valence-electron chi connectivity index (χ4n) is 4.38. The molecule has 0 aromatic heterocycles. The van der Waals surface area contributed by atoms with Crippen LogP contribution in [0.1, 0.15) is 35.7 Å². The molecule has 1 saturated heterocycles. The van der Waals surface area contributed by atoms with Crippen LogP contribution in [0.2, 0.25) is 0 Å². The van der Waals surface area contributed by atoms with Gasteiger partial charge in [0, 0.05) is 18.7 Å². The second kappa shape index (κ2) is 11.2. The monoisotopic (exact) mass is 494 g/mol. The molecule has 2 aromatic carbocycles. The number of hydrogen-bond acceptors (Lipinski definition) is 7. The number of esters is 1. The molecular weight excluding hydrogens is 464 g/mol. The van der Waals surface area contributed by atoms with Crippen LogP contribution < -0.4 is 14.4 Å².